The molecule has 1 fully saturated rings. The van der Waals surface area contributed by atoms with Gasteiger partial charge in [0.15, 0.2) is 11.6 Å². The number of Topliss-reactive ketones (excluding diaryl/α,β-unsaturated/α-hetero) is 2. The minimum absolute atomic E-state index is 0.0111. The van der Waals surface area contributed by atoms with Crippen molar-refractivity contribution in [1.29, 1.82) is 0 Å². The number of rotatable bonds is 6. The zero-order valence-electron chi connectivity index (χ0n) is 18.7. The van der Waals surface area contributed by atoms with Crippen LogP contribution in [-0.4, -0.2) is 17.5 Å². The lowest BCUT2D eigenvalue weighted by Crippen LogP contribution is -2.28. The minimum Gasteiger partial charge on any atom is -0.288 e. The van der Waals surface area contributed by atoms with Gasteiger partial charge in [-0.3, -0.25) is 19.3 Å². The van der Waals surface area contributed by atoms with Crippen molar-refractivity contribution in [2.45, 2.75) is 5.25 Å². The first kappa shape index (κ1) is 22.6. The molecule has 1 saturated heterocycles. The van der Waals surface area contributed by atoms with Crippen molar-refractivity contribution in [1.82, 2.24) is 0 Å². The molecule has 5 rings (SSSR count). The molecule has 0 radical (unpaired) electrons. The first-order chi connectivity index (χ1) is 17.1. The number of nitrogens with zero attached hydrogens (tertiary/aromatic N) is 1. The molecule has 1 atom stereocenters. The largest absolute Gasteiger partial charge is 0.288 e. The van der Waals surface area contributed by atoms with Crippen LogP contribution >= 0.6 is 11.8 Å². The first-order valence-corrected chi connectivity index (χ1v) is 12.1. The fourth-order valence-corrected chi connectivity index (χ4v) is 5.35. The van der Waals surface area contributed by atoms with Crippen LogP contribution in [0.4, 0.5) is 5.69 Å². The highest BCUT2D eigenvalue weighted by Crippen LogP contribution is 2.49. The second-order valence-corrected chi connectivity index (χ2v) is 9.08. The van der Waals surface area contributed by atoms with Crippen molar-refractivity contribution >= 4 is 34.9 Å². The molecule has 0 aromatic heterocycles. The van der Waals surface area contributed by atoms with Crippen molar-refractivity contribution in [3.63, 3.8) is 0 Å². The Morgan fingerprint density at radius 1 is 0.600 bits per heavy atom. The van der Waals surface area contributed by atoms with Gasteiger partial charge in [-0.1, -0.05) is 121 Å². The lowest BCUT2D eigenvalue weighted by atomic mass is 9.96. The molecule has 4 nitrogen and oxygen atoms in total. The van der Waals surface area contributed by atoms with Crippen LogP contribution in [0.2, 0.25) is 0 Å². The SMILES string of the molecule is O=C(C(C(=O)c1ccccc1)=C1SC(c2ccccc2)C(=O)N1c1ccccc1)c1ccccc1. The van der Waals surface area contributed by atoms with E-state index >= 15 is 0 Å². The highest BCUT2D eigenvalue weighted by Gasteiger charge is 2.43. The maximum Gasteiger partial charge on any atom is 0.250 e. The number of hydrogen-bond donors (Lipinski definition) is 0. The number of amides is 1. The van der Waals surface area contributed by atoms with Gasteiger partial charge in [-0.05, 0) is 17.7 Å². The summed E-state index contributed by atoms with van der Waals surface area (Å²) in [5.41, 5.74) is 2.20. The maximum absolute atomic E-state index is 13.8. The lowest BCUT2D eigenvalue weighted by molar-refractivity contribution is -0.117. The van der Waals surface area contributed by atoms with E-state index in [2.05, 4.69) is 0 Å². The number of hydrogen-bond acceptors (Lipinski definition) is 4. The summed E-state index contributed by atoms with van der Waals surface area (Å²) in [4.78, 5) is 43.0. The van der Waals surface area contributed by atoms with Gasteiger partial charge in [-0.15, -0.1) is 0 Å². The fourth-order valence-electron chi connectivity index (χ4n) is 4.03. The Morgan fingerprint density at radius 2 is 1.03 bits per heavy atom. The van der Waals surface area contributed by atoms with E-state index in [0.717, 1.165) is 5.56 Å². The summed E-state index contributed by atoms with van der Waals surface area (Å²) < 4.78 is 0. The molecule has 4 aromatic carbocycles. The molecule has 1 amide bonds. The highest BCUT2D eigenvalue weighted by molar-refractivity contribution is 8.04. The standard InChI is InChI=1S/C30H21NO3S/c32-26(21-13-5-1-6-14-21)25(27(33)22-15-7-2-8-16-22)30-31(24-19-11-4-12-20-24)29(34)28(35-30)23-17-9-3-10-18-23/h1-20,28H. The molecule has 0 spiro atoms. The van der Waals surface area contributed by atoms with Gasteiger partial charge in [0.2, 0.25) is 5.91 Å². The topological polar surface area (TPSA) is 54.5 Å². The van der Waals surface area contributed by atoms with E-state index < -0.39 is 16.8 Å². The smallest absolute Gasteiger partial charge is 0.250 e. The van der Waals surface area contributed by atoms with Gasteiger partial charge in [0.25, 0.3) is 0 Å². The number of thioether (sulfide) groups is 1. The molecule has 1 heterocycles. The van der Waals surface area contributed by atoms with Gasteiger partial charge in [-0.25, -0.2) is 0 Å². The van der Waals surface area contributed by atoms with E-state index in [9.17, 15) is 14.4 Å². The minimum atomic E-state index is -0.575. The number of benzene rings is 4. The zero-order chi connectivity index (χ0) is 24.2. The Balaban J connectivity index is 1.74. The Morgan fingerprint density at radius 3 is 1.51 bits per heavy atom. The Hall–Kier alpha value is -4.22. The number of carbonyl (C=O) groups is 3. The van der Waals surface area contributed by atoms with Gasteiger partial charge in [-0.2, -0.15) is 0 Å². The summed E-state index contributed by atoms with van der Waals surface area (Å²) in [7, 11) is 0. The summed E-state index contributed by atoms with van der Waals surface area (Å²) in [6.45, 7) is 0. The van der Waals surface area contributed by atoms with E-state index in [1.165, 1.54) is 16.7 Å². The Kier molecular flexibility index (Phi) is 6.42. The second-order valence-electron chi connectivity index (χ2n) is 7.99. The van der Waals surface area contributed by atoms with E-state index in [0.29, 0.717) is 21.8 Å². The van der Waals surface area contributed by atoms with Crippen molar-refractivity contribution < 1.29 is 14.4 Å². The second kappa shape index (κ2) is 9.95. The van der Waals surface area contributed by atoms with E-state index in [1.54, 1.807) is 48.5 Å². The van der Waals surface area contributed by atoms with Gasteiger partial charge < -0.3 is 0 Å². The average molecular weight is 476 g/mol. The van der Waals surface area contributed by atoms with Gasteiger partial charge in [0, 0.05) is 16.8 Å². The lowest BCUT2D eigenvalue weighted by Gasteiger charge is -2.20. The first-order valence-electron chi connectivity index (χ1n) is 11.2. The molecule has 1 unspecified atom stereocenters. The van der Waals surface area contributed by atoms with E-state index in [4.69, 9.17) is 0 Å². The molecule has 0 saturated carbocycles. The third-order valence-corrected chi connectivity index (χ3v) is 7.05. The van der Waals surface area contributed by atoms with Crippen molar-refractivity contribution in [3.05, 3.63) is 149 Å². The fraction of sp³-hybridized carbons (Fsp3) is 0.0333. The van der Waals surface area contributed by atoms with E-state index in [-0.39, 0.29) is 11.5 Å². The molecule has 0 N–H and O–H groups in total. The normalized spacial score (nSPS) is 15.2. The van der Waals surface area contributed by atoms with Crippen LogP contribution in [0, 0.1) is 0 Å². The molecule has 1 aliphatic rings. The molecule has 1 aliphatic heterocycles. The van der Waals surface area contributed by atoms with Crippen molar-refractivity contribution in [2.24, 2.45) is 0 Å². The average Bonchev–Trinajstić information content (AvgIpc) is 3.27. The Bertz CT molecular complexity index is 1350. The quantitative estimate of drug-likeness (QED) is 0.139. The number of ketones is 2. The number of carbonyl (C=O) groups excluding carboxylic acids is 3. The number of allylic oxidation sites excluding steroid dienone is 1. The third kappa shape index (κ3) is 4.46. The molecular weight excluding hydrogens is 454 g/mol. The molecule has 35 heavy (non-hydrogen) atoms. The molecular formula is C30H21NO3S. The van der Waals surface area contributed by atoms with Crippen LogP contribution in [-0.2, 0) is 4.79 Å². The summed E-state index contributed by atoms with van der Waals surface area (Å²) in [6.07, 6.45) is 0. The van der Waals surface area contributed by atoms with Crippen LogP contribution < -0.4 is 4.90 Å². The van der Waals surface area contributed by atoms with Crippen LogP contribution in [0.1, 0.15) is 31.5 Å². The van der Waals surface area contributed by atoms with E-state index in [1.807, 2.05) is 72.8 Å². The summed E-state index contributed by atoms with van der Waals surface area (Å²) >= 11 is 1.24. The molecule has 0 bridgehead atoms. The summed E-state index contributed by atoms with van der Waals surface area (Å²) in [6, 6.07) is 36.0. The van der Waals surface area contributed by atoms with Crippen LogP contribution in [0.15, 0.2) is 132 Å². The maximum atomic E-state index is 13.8. The van der Waals surface area contributed by atoms with Crippen molar-refractivity contribution in [2.75, 3.05) is 4.90 Å². The predicted octanol–water partition coefficient (Wildman–Crippen LogP) is 6.49. The van der Waals surface area contributed by atoms with Gasteiger partial charge in [0.05, 0.1) is 5.03 Å². The Labute approximate surface area is 207 Å². The zero-order valence-corrected chi connectivity index (χ0v) is 19.5. The molecule has 4 aromatic rings. The number of para-hydroxylation sites is 1. The monoisotopic (exact) mass is 475 g/mol. The summed E-state index contributed by atoms with van der Waals surface area (Å²) in [5, 5.41) is -0.230. The highest BCUT2D eigenvalue weighted by atomic mass is 32.2. The van der Waals surface area contributed by atoms with Crippen LogP contribution in [0.5, 0.6) is 0 Å². The predicted molar refractivity (Wildman–Crippen MR) is 139 cm³/mol. The summed E-state index contributed by atoms with van der Waals surface area (Å²) in [5.74, 6) is -1.02. The molecule has 170 valence electrons. The van der Waals surface area contributed by atoms with Crippen molar-refractivity contribution in [3.8, 4) is 0 Å². The van der Waals surface area contributed by atoms with Gasteiger partial charge >= 0.3 is 0 Å². The molecule has 5 heteroatoms. The van der Waals surface area contributed by atoms with Crippen LogP contribution in [0.25, 0.3) is 0 Å². The van der Waals surface area contributed by atoms with Crippen LogP contribution in [0.3, 0.4) is 0 Å². The number of anilines is 1. The molecule has 0 aliphatic carbocycles. The third-order valence-electron chi connectivity index (χ3n) is 5.73. The van der Waals surface area contributed by atoms with Gasteiger partial charge in [0.1, 0.15) is 10.8 Å².